The van der Waals surface area contributed by atoms with Crippen LogP contribution in [0.4, 0.5) is 0 Å². The molecule has 0 N–H and O–H groups in total. The third-order valence-corrected chi connectivity index (χ3v) is 2.38. The topological polar surface area (TPSA) is 0 Å². The van der Waals surface area contributed by atoms with Crippen molar-refractivity contribution in [2.75, 3.05) is 0 Å². The zero-order chi connectivity index (χ0) is 11.0. The Morgan fingerprint density at radius 2 is 1.71 bits per heavy atom. The molecule has 80 valence electrons. The van der Waals surface area contributed by atoms with Crippen molar-refractivity contribution in [3.8, 4) is 0 Å². The van der Waals surface area contributed by atoms with E-state index in [0.29, 0.717) is 0 Å². The van der Waals surface area contributed by atoms with Crippen LogP contribution in [-0.4, -0.2) is 0 Å². The van der Waals surface area contributed by atoms with Crippen molar-refractivity contribution in [1.82, 2.24) is 0 Å². The largest absolute Gasteiger partial charge is 0.0956 e. The monoisotopic (exact) mass is 192 g/mol. The molecule has 0 spiro atoms. The van der Waals surface area contributed by atoms with Gasteiger partial charge >= 0.3 is 0 Å². The van der Waals surface area contributed by atoms with Crippen LogP contribution in [0.2, 0.25) is 0 Å². The molecule has 0 heteroatoms. The van der Waals surface area contributed by atoms with Gasteiger partial charge in [-0.15, -0.1) is 0 Å². The van der Waals surface area contributed by atoms with E-state index in [1.165, 1.54) is 29.6 Å². The van der Waals surface area contributed by atoms with Gasteiger partial charge in [-0.1, -0.05) is 56.6 Å². The SMILES string of the molecule is C=C(CCC)/C(=C\C(C)=C/C)CCC. The van der Waals surface area contributed by atoms with Crippen molar-refractivity contribution >= 4 is 0 Å². The molecule has 0 atom stereocenters. The molecule has 0 saturated heterocycles. The Morgan fingerprint density at radius 1 is 1.14 bits per heavy atom. The first-order valence-corrected chi connectivity index (χ1v) is 5.67. The first-order chi connectivity index (χ1) is 6.65. The van der Waals surface area contributed by atoms with Gasteiger partial charge in [0.2, 0.25) is 0 Å². The standard InChI is InChI=1S/C14H24/c1-6-9-13(5)14(10-7-2)11-12(4)8-3/h8,11H,5-7,9-10H2,1-4H3/b12-8-,14-11-. The van der Waals surface area contributed by atoms with Gasteiger partial charge in [0.25, 0.3) is 0 Å². The summed E-state index contributed by atoms with van der Waals surface area (Å²) in [5.74, 6) is 0. The van der Waals surface area contributed by atoms with E-state index in [9.17, 15) is 0 Å². The summed E-state index contributed by atoms with van der Waals surface area (Å²) >= 11 is 0. The fourth-order valence-electron chi connectivity index (χ4n) is 1.44. The Bertz CT molecular complexity index is 228. The van der Waals surface area contributed by atoms with E-state index in [2.05, 4.69) is 46.4 Å². The number of allylic oxidation sites excluding steroid dienone is 5. The molecule has 0 aromatic heterocycles. The number of hydrogen-bond acceptors (Lipinski definition) is 0. The van der Waals surface area contributed by atoms with Crippen LogP contribution in [0.5, 0.6) is 0 Å². The summed E-state index contributed by atoms with van der Waals surface area (Å²) in [4.78, 5) is 0. The third kappa shape index (κ3) is 5.06. The molecule has 0 amide bonds. The molecule has 0 bridgehead atoms. The molecule has 0 saturated carbocycles. The smallest absolute Gasteiger partial charge is 0.0279 e. The van der Waals surface area contributed by atoms with Crippen LogP contribution < -0.4 is 0 Å². The van der Waals surface area contributed by atoms with Crippen molar-refractivity contribution in [3.05, 3.63) is 35.5 Å². The quantitative estimate of drug-likeness (QED) is 0.517. The molecular weight excluding hydrogens is 168 g/mol. The van der Waals surface area contributed by atoms with Crippen LogP contribution in [0, 0.1) is 0 Å². The molecule has 0 aliphatic heterocycles. The summed E-state index contributed by atoms with van der Waals surface area (Å²) in [5.41, 5.74) is 4.09. The highest BCUT2D eigenvalue weighted by Gasteiger charge is 2.00. The molecule has 0 heterocycles. The summed E-state index contributed by atoms with van der Waals surface area (Å²) < 4.78 is 0. The van der Waals surface area contributed by atoms with E-state index >= 15 is 0 Å². The lowest BCUT2D eigenvalue weighted by Gasteiger charge is -2.09. The van der Waals surface area contributed by atoms with Gasteiger partial charge in [-0.05, 0) is 32.3 Å². The Labute approximate surface area is 89.4 Å². The fourth-order valence-corrected chi connectivity index (χ4v) is 1.44. The Balaban J connectivity index is 4.58. The molecule has 0 radical (unpaired) electrons. The third-order valence-electron chi connectivity index (χ3n) is 2.38. The van der Waals surface area contributed by atoms with E-state index in [-0.39, 0.29) is 0 Å². The molecule has 0 nitrogen and oxygen atoms in total. The van der Waals surface area contributed by atoms with Crippen LogP contribution in [0.3, 0.4) is 0 Å². The van der Waals surface area contributed by atoms with Crippen molar-refractivity contribution in [2.45, 2.75) is 53.4 Å². The first kappa shape index (κ1) is 13.2. The van der Waals surface area contributed by atoms with Crippen LogP contribution in [0.15, 0.2) is 35.5 Å². The lowest BCUT2D eigenvalue weighted by atomic mass is 9.97. The first-order valence-electron chi connectivity index (χ1n) is 5.67. The predicted octanol–water partition coefficient (Wildman–Crippen LogP) is 5.04. The van der Waals surface area contributed by atoms with Gasteiger partial charge in [-0.2, -0.15) is 0 Å². The van der Waals surface area contributed by atoms with Gasteiger partial charge < -0.3 is 0 Å². The fraction of sp³-hybridized carbons (Fsp3) is 0.571. The summed E-state index contributed by atoms with van der Waals surface area (Å²) in [5, 5.41) is 0. The molecule has 0 aromatic rings. The predicted molar refractivity (Wildman–Crippen MR) is 66.5 cm³/mol. The molecule has 0 aliphatic carbocycles. The summed E-state index contributed by atoms with van der Waals surface area (Å²) in [6.07, 6.45) is 9.10. The van der Waals surface area contributed by atoms with Crippen molar-refractivity contribution in [3.63, 3.8) is 0 Å². The van der Waals surface area contributed by atoms with Gasteiger partial charge in [0.1, 0.15) is 0 Å². The van der Waals surface area contributed by atoms with Crippen LogP contribution in [-0.2, 0) is 0 Å². The highest BCUT2D eigenvalue weighted by molar-refractivity contribution is 5.34. The highest BCUT2D eigenvalue weighted by Crippen LogP contribution is 2.20. The Kier molecular flexibility index (Phi) is 7.18. The highest BCUT2D eigenvalue weighted by atomic mass is 14.1. The zero-order valence-corrected chi connectivity index (χ0v) is 10.2. The normalized spacial score (nSPS) is 13.1. The zero-order valence-electron chi connectivity index (χ0n) is 10.2. The maximum absolute atomic E-state index is 4.16. The van der Waals surface area contributed by atoms with E-state index in [0.717, 1.165) is 12.8 Å². The lowest BCUT2D eigenvalue weighted by molar-refractivity contribution is 0.854. The summed E-state index contributed by atoms with van der Waals surface area (Å²) in [6.45, 7) is 12.8. The van der Waals surface area contributed by atoms with Gasteiger partial charge in [0.05, 0.1) is 0 Å². The van der Waals surface area contributed by atoms with Crippen LogP contribution in [0.1, 0.15) is 53.4 Å². The second-order valence-electron chi connectivity index (χ2n) is 3.81. The maximum Gasteiger partial charge on any atom is -0.0279 e. The van der Waals surface area contributed by atoms with Gasteiger partial charge in [0.15, 0.2) is 0 Å². The molecule has 0 rings (SSSR count). The minimum absolute atomic E-state index is 1.13. The summed E-state index contributed by atoms with van der Waals surface area (Å²) in [6, 6.07) is 0. The molecule has 0 unspecified atom stereocenters. The van der Waals surface area contributed by atoms with Crippen molar-refractivity contribution < 1.29 is 0 Å². The van der Waals surface area contributed by atoms with E-state index in [1.807, 2.05) is 0 Å². The maximum atomic E-state index is 4.16. The number of rotatable bonds is 6. The van der Waals surface area contributed by atoms with E-state index in [4.69, 9.17) is 0 Å². The van der Waals surface area contributed by atoms with Gasteiger partial charge in [0, 0.05) is 0 Å². The van der Waals surface area contributed by atoms with Crippen LogP contribution in [0.25, 0.3) is 0 Å². The molecule has 0 fully saturated rings. The molecular formula is C14H24. The second-order valence-corrected chi connectivity index (χ2v) is 3.81. The Hall–Kier alpha value is -0.780. The van der Waals surface area contributed by atoms with Gasteiger partial charge in [-0.3, -0.25) is 0 Å². The minimum atomic E-state index is 1.13. The van der Waals surface area contributed by atoms with Gasteiger partial charge in [-0.25, -0.2) is 0 Å². The lowest BCUT2D eigenvalue weighted by Crippen LogP contribution is -1.89. The van der Waals surface area contributed by atoms with E-state index < -0.39 is 0 Å². The molecule has 14 heavy (non-hydrogen) atoms. The van der Waals surface area contributed by atoms with E-state index in [1.54, 1.807) is 0 Å². The van der Waals surface area contributed by atoms with Crippen molar-refractivity contribution in [2.24, 2.45) is 0 Å². The van der Waals surface area contributed by atoms with Crippen molar-refractivity contribution in [1.29, 1.82) is 0 Å². The minimum Gasteiger partial charge on any atom is -0.0956 e. The van der Waals surface area contributed by atoms with Crippen LogP contribution >= 0.6 is 0 Å². The summed E-state index contributed by atoms with van der Waals surface area (Å²) in [7, 11) is 0. The number of hydrogen-bond donors (Lipinski definition) is 0. The average Bonchev–Trinajstić information content (AvgIpc) is 2.17. The second kappa shape index (κ2) is 7.61. The molecule has 0 aliphatic rings. The average molecular weight is 192 g/mol. The Morgan fingerprint density at radius 3 is 2.14 bits per heavy atom. The molecule has 0 aromatic carbocycles.